The zero-order chi connectivity index (χ0) is 16.5. The molecule has 116 valence electrons. The van der Waals surface area contributed by atoms with E-state index in [-0.39, 0.29) is 25.5 Å². The summed E-state index contributed by atoms with van der Waals surface area (Å²) in [6, 6.07) is 8.42. The van der Waals surface area contributed by atoms with Crippen molar-refractivity contribution < 1.29 is 13.2 Å². The van der Waals surface area contributed by atoms with Gasteiger partial charge in [-0.05, 0) is 36.4 Å². The lowest BCUT2D eigenvalue weighted by molar-refractivity contribution is 0.102. The number of sulfone groups is 1. The summed E-state index contributed by atoms with van der Waals surface area (Å²) >= 11 is 17.7. The van der Waals surface area contributed by atoms with Crippen molar-refractivity contribution in [2.45, 2.75) is 4.90 Å². The lowest BCUT2D eigenvalue weighted by Crippen LogP contribution is -2.12. The minimum atomic E-state index is -3.31. The highest BCUT2D eigenvalue weighted by Crippen LogP contribution is 2.32. The third kappa shape index (κ3) is 3.93. The molecule has 0 unspecified atom stereocenters. The van der Waals surface area contributed by atoms with E-state index in [2.05, 4.69) is 5.32 Å². The molecule has 4 nitrogen and oxygen atoms in total. The van der Waals surface area contributed by atoms with Crippen molar-refractivity contribution in [1.29, 1.82) is 0 Å². The molecule has 0 aliphatic rings. The molecule has 0 aliphatic heterocycles. The van der Waals surface area contributed by atoms with Gasteiger partial charge in [-0.15, -0.1) is 0 Å². The number of hydrogen-bond donors (Lipinski definition) is 1. The number of amides is 1. The molecule has 22 heavy (non-hydrogen) atoms. The number of halogens is 3. The summed E-state index contributed by atoms with van der Waals surface area (Å²) < 4.78 is 22.7. The maximum atomic E-state index is 12.1. The number of carbonyl (C=O) groups excluding carboxylic acids is 1. The molecule has 2 rings (SSSR count). The maximum absolute atomic E-state index is 12.1. The van der Waals surface area contributed by atoms with Crippen LogP contribution in [0.4, 0.5) is 5.69 Å². The molecule has 0 aromatic heterocycles. The summed E-state index contributed by atoms with van der Waals surface area (Å²) in [5.41, 5.74) is 0.600. The van der Waals surface area contributed by atoms with Crippen LogP contribution >= 0.6 is 34.8 Å². The third-order valence-corrected chi connectivity index (χ3v) is 4.97. The second-order valence-electron chi connectivity index (χ2n) is 4.50. The molecule has 0 bridgehead atoms. The average Bonchev–Trinajstić information content (AvgIpc) is 2.44. The Morgan fingerprint density at radius 2 is 1.50 bits per heavy atom. The predicted octanol–water partition coefficient (Wildman–Crippen LogP) is 4.30. The lowest BCUT2D eigenvalue weighted by atomic mass is 10.2. The molecule has 2 aromatic rings. The molecule has 0 spiro atoms. The Bertz CT molecular complexity index is 833. The molecule has 8 heteroatoms. The van der Waals surface area contributed by atoms with Gasteiger partial charge in [0.05, 0.1) is 25.7 Å². The van der Waals surface area contributed by atoms with Gasteiger partial charge in [0, 0.05) is 11.8 Å². The van der Waals surface area contributed by atoms with Crippen LogP contribution < -0.4 is 5.32 Å². The first-order valence-electron chi connectivity index (χ1n) is 5.94. The van der Waals surface area contributed by atoms with Gasteiger partial charge < -0.3 is 5.32 Å². The minimum absolute atomic E-state index is 0.136. The first-order chi connectivity index (χ1) is 10.2. The van der Waals surface area contributed by atoms with Crippen LogP contribution in [0.2, 0.25) is 15.1 Å². The SMILES string of the molecule is CS(=O)(=O)c1ccc(C(=O)Nc2cc(Cl)c(Cl)cc2Cl)cc1. The fourth-order valence-electron chi connectivity index (χ4n) is 1.67. The maximum Gasteiger partial charge on any atom is 0.255 e. The number of rotatable bonds is 3. The summed E-state index contributed by atoms with van der Waals surface area (Å²) in [5, 5.41) is 3.37. The highest BCUT2D eigenvalue weighted by Gasteiger charge is 2.12. The highest BCUT2D eigenvalue weighted by atomic mass is 35.5. The van der Waals surface area contributed by atoms with Crippen LogP contribution in [0, 0.1) is 0 Å². The Hall–Kier alpha value is -1.27. The van der Waals surface area contributed by atoms with Crippen molar-refractivity contribution in [1.82, 2.24) is 0 Å². The highest BCUT2D eigenvalue weighted by molar-refractivity contribution is 7.90. The normalized spacial score (nSPS) is 11.3. The summed E-state index contributed by atoms with van der Waals surface area (Å²) in [5.74, 6) is -0.444. The number of benzene rings is 2. The van der Waals surface area contributed by atoms with Gasteiger partial charge in [0.25, 0.3) is 5.91 Å². The van der Waals surface area contributed by atoms with E-state index in [1.54, 1.807) is 0 Å². The van der Waals surface area contributed by atoms with Crippen LogP contribution in [0.5, 0.6) is 0 Å². The van der Waals surface area contributed by atoms with Gasteiger partial charge in [0.2, 0.25) is 0 Å². The topological polar surface area (TPSA) is 63.2 Å². The average molecular weight is 379 g/mol. The monoisotopic (exact) mass is 377 g/mol. The molecule has 0 aliphatic carbocycles. The van der Waals surface area contributed by atoms with Crippen molar-refractivity contribution in [3.63, 3.8) is 0 Å². The quantitative estimate of drug-likeness (QED) is 0.810. The molecule has 0 radical (unpaired) electrons. The first-order valence-corrected chi connectivity index (χ1v) is 8.97. The van der Waals surface area contributed by atoms with E-state index < -0.39 is 15.7 Å². The Kier molecular flexibility index (Phi) is 5.02. The van der Waals surface area contributed by atoms with E-state index >= 15 is 0 Å². The smallest absolute Gasteiger partial charge is 0.255 e. The zero-order valence-corrected chi connectivity index (χ0v) is 14.3. The third-order valence-electron chi connectivity index (χ3n) is 2.80. The van der Waals surface area contributed by atoms with Crippen LogP contribution in [0.25, 0.3) is 0 Å². The van der Waals surface area contributed by atoms with E-state index in [0.29, 0.717) is 5.69 Å². The largest absolute Gasteiger partial charge is 0.321 e. The number of nitrogens with one attached hydrogen (secondary N) is 1. The molecule has 0 atom stereocenters. The molecule has 1 amide bonds. The van der Waals surface area contributed by atoms with Gasteiger partial charge in [0.15, 0.2) is 9.84 Å². The van der Waals surface area contributed by atoms with Gasteiger partial charge in [0.1, 0.15) is 0 Å². The molecule has 1 N–H and O–H groups in total. The van der Waals surface area contributed by atoms with Gasteiger partial charge in [-0.2, -0.15) is 0 Å². The van der Waals surface area contributed by atoms with Crippen LogP contribution in [-0.4, -0.2) is 20.6 Å². The Labute approximate surface area is 142 Å². The molecule has 0 saturated carbocycles. The zero-order valence-electron chi connectivity index (χ0n) is 11.2. The summed E-state index contributed by atoms with van der Waals surface area (Å²) in [6.45, 7) is 0. The van der Waals surface area contributed by atoms with E-state index in [1.807, 2.05) is 0 Å². The number of hydrogen-bond acceptors (Lipinski definition) is 3. The summed E-state index contributed by atoms with van der Waals surface area (Å²) in [6.07, 6.45) is 1.09. The summed E-state index contributed by atoms with van der Waals surface area (Å²) in [7, 11) is -3.31. The van der Waals surface area contributed by atoms with Crippen LogP contribution in [-0.2, 0) is 9.84 Å². The lowest BCUT2D eigenvalue weighted by Gasteiger charge is -2.09. The van der Waals surface area contributed by atoms with Crippen molar-refractivity contribution in [3.8, 4) is 0 Å². The van der Waals surface area contributed by atoms with Crippen LogP contribution in [0.15, 0.2) is 41.3 Å². The van der Waals surface area contributed by atoms with E-state index in [4.69, 9.17) is 34.8 Å². The second-order valence-corrected chi connectivity index (χ2v) is 7.73. The molecule has 0 fully saturated rings. The Balaban J connectivity index is 2.25. The van der Waals surface area contributed by atoms with Gasteiger partial charge in [-0.25, -0.2) is 8.42 Å². The second kappa shape index (κ2) is 6.46. The standard InChI is InChI=1S/C14H10Cl3NO3S/c1-22(20,21)9-4-2-8(3-5-9)14(19)18-13-7-11(16)10(15)6-12(13)17/h2-7H,1H3,(H,18,19). The fraction of sp³-hybridized carbons (Fsp3) is 0.0714. The van der Waals surface area contributed by atoms with E-state index in [9.17, 15) is 13.2 Å². The first kappa shape index (κ1) is 17.1. The fourth-order valence-corrected chi connectivity index (χ4v) is 2.89. The summed E-state index contributed by atoms with van der Waals surface area (Å²) in [4.78, 5) is 12.3. The molecular formula is C14H10Cl3NO3S. The van der Waals surface area contributed by atoms with Crippen molar-refractivity contribution in [3.05, 3.63) is 57.0 Å². The Morgan fingerprint density at radius 3 is 2.05 bits per heavy atom. The van der Waals surface area contributed by atoms with Crippen LogP contribution in [0.3, 0.4) is 0 Å². The number of anilines is 1. The van der Waals surface area contributed by atoms with Crippen LogP contribution in [0.1, 0.15) is 10.4 Å². The predicted molar refractivity (Wildman–Crippen MR) is 89.0 cm³/mol. The molecule has 0 heterocycles. The Morgan fingerprint density at radius 1 is 0.955 bits per heavy atom. The van der Waals surface area contributed by atoms with Gasteiger partial charge in [-0.3, -0.25) is 4.79 Å². The number of carbonyl (C=O) groups is 1. The minimum Gasteiger partial charge on any atom is -0.321 e. The van der Waals surface area contributed by atoms with Crippen molar-refractivity contribution in [2.75, 3.05) is 11.6 Å². The molecule has 2 aromatic carbocycles. The molecular weight excluding hydrogens is 369 g/mol. The van der Waals surface area contributed by atoms with Gasteiger partial charge >= 0.3 is 0 Å². The van der Waals surface area contributed by atoms with Crippen molar-refractivity contribution >= 4 is 56.2 Å². The van der Waals surface area contributed by atoms with Crippen molar-refractivity contribution in [2.24, 2.45) is 0 Å². The van der Waals surface area contributed by atoms with E-state index in [0.717, 1.165) is 6.26 Å². The molecule has 0 saturated heterocycles. The van der Waals surface area contributed by atoms with E-state index in [1.165, 1.54) is 36.4 Å². The van der Waals surface area contributed by atoms with Gasteiger partial charge in [-0.1, -0.05) is 34.8 Å².